The zero-order chi connectivity index (χ0) is 9.72. The highest BCUT2D eigenvalue weighted by Crippen LogP contribution is 2.12. The lowest BCUT2D eigenvalue weighted by molar-refractivity contribution is -0.114. The van der Waals surface area contributed by atoms with E-state index in [0.29, 0.717) is 5.57 Å². The molecule has 3 nitrogen and oxygen atoms in total. The van der Waals surface area contributed by atoms with Crippen molar-refractivity contribution in [3.05, 3.63) is 11.3 Å². The highest BCUT2D eigenvalue weighted by atomic mass is 16.1. The summed E-state index contributed by atoms with van der Waals surface area (Å²) >= 11 is 0. The number of nitrogens with two attached hydrogens (primary N) is 1. The second-order valence-electron chi connectivity index (χ2n) is 3.08. The maximum atomic E-state index is 10.9. The van der Waals surface area contributed by atoms with E-state index in [4.69, 9.17) is 5.73 Å². The molecule has 3 heteroatoms. The maximum Gasteiger partial charge on any atom is 0.246 e. The Bertz CT molecular complexity index is 195. The summed E-state index contributed by atoms with van der Waals surface area (Å²) < 4.78 is 0. The second-order valence-corrected chi connectivity index (χ2v) is 3.08. The zero-order valence-electron chi connectivity index (χ0n) is 8.35. The summed E-state index contributed by atoms with van der Waals surface area (Å²) in [5, 5.41) is 0. The molecule has 0 bridgehead atoms. The van der Waals surface area contributed by atoms with Crippen molar-refractivity contribution in [2.45, 2.75) is 26.7 Å². The van der Waals surface area contributed by atoms with Crippen LogP contribution in [0.3, 0.4) is 0 Å². The van der Waals surface area contributed by atoms with Gasteiger partial charge in [-0.05, 0) is 13.3 Å². The average Bonchev–Trinajstić information content (AvgIpc) is 1.98. The van der Waals surface area contributed by atoms with Gasteiger partial charge in [0, 0.05) is 25.4 Å². The van der Waals surface area contributed by atoms with Crippen molar-refractivity contribution in [3.8, 4) is 0 Å². The van der Waals surface area contributed by atoms with E-state index in [1.54, 1.807) is 6.92 Å². The molecule has 0 aliphatic carbocycles. The molecule has 70 valence electrons. The van der Waals surface area contributed by atoms with Crippen molar-refractivity contribution in [1.29, 1.82) is 0 Å². The summed E-state index contributed by atoms with van der Waals surface area (Å²) in [6, 6.07) is 0. The van der Waals surface area contributed by atoms with Gasteiger partial charge in [0.2, 0.25) is 5.91 Å². The topological polar surface area (TPSA) is 46.3 Å². The van der Waals surface area contributed by atoms with Gasteiger partial charge in [0.1, 0.15) is 0 Å². The first kappa shape index (κ1) is 11.0. The Labute approximate surface area is 74.2 Å². The molecular weight excluding hydrogens is 152 g/mol. The number of amides is 1. The molecule has 0 aliphatic heterocycles. The van der Waals surface area contributed by atoms with Gasteiger partial charge in [0.25, 0.3) is 0 Å². The number of hydrogen-bond donors (Lipinski definition) is 1. The Morgan fingerprint density at radius 1 is 1.42 bits per heavy atom. The highest BCUT2D eigenvalue weighted by Gasteiger charge is 2.07. The predicted octanol–water partition coefficient (Wildman–Crippen LogP) is 1.11. The normalized spacial score (nSPS) is 12.3. The van der Waals surface area contributed by atoms with E-state index >= 15 is 0 Å². The quantitative estimate of drug-likeness (QED) is 0.642. The largest absolute Gasteiger partial charge is 0.381 e. The lowest BCUT2D eigenvalue weighted by Crippen LogP contribution is -2.20. The Hall–Kier alpha value is -0.990. The van der Waals surface area contributed by atoms with E-state index in [1.165, 1.54) is 0 Å². The van der Waals surface area contributed by atoms with Gasteiger partial charge in [0.05, 0.1) is 0 Å². The first-order valence-corrected chi connectivity index (χ1v) is 4.17. The van der Waals surface area contributed by atoms with Crippen LogP contribution in [0.1, 0.15) is 26.7 Å². The lowest BCUT2D eigenvalue weighted by atomic mass is 10.1. The Morgan fingerprint density at radius 2 is 1.92 bits per heavy atom. The van der Waals surface area contributed by atoms with Crippen molar-refractivity contribution in [2.24, 2.45) is 5.73 Å². The predicted molar refractivity (Wildman–Crippen MR) is 50.5 cm³/mol. The van der Waals surface area contributed by atoms with E-state index < -0.39 is 0 Å². The van der Waals surface area contributed by atoms with E-state index in [9.17, 15) is 4.79 Å². The van der Waals surface area contributed by atoms with Gasteiger partial charge in [0.15, 0.2) is 0 Å². The number of nitrogens with zero attached hydrogens (tertiary/aromatic N) is 1. The summed E-state index contributed by atoms with van der Waals surface area (Å²) in [6.45, 7) is 3.85. The van der Waals surface area contributed by atoms with Crippen LogP contribution in [0.15, 0.2) is 11.3 Å². The SMILES string of the molecule is CCC/C(=C(\C)C(N)=O)N(C)C. The van der Waals surface area contributed by atoms with Crippen LogP contribution in [0.4, 0.5) is 0 Å². The third kappa shape index (κ3) is 2.95. The van der Waals surface area contributed by atoms with Gasteiger partial charge in [-0.3, -0.25) is 4.79 Å². The molecule has 0 aromatic carbocycles. The smallest absolute Gasteiger partial charge is 0.246 e. The molecule has 0 unspecified atom stereocenters. The summed E-state index contributed by atoms with van der Waals surface area (Å²) in [5.41, 5.74) is 6.88. The third-order valence-electron chi connectivity index (χ3n) is 1.83. The van der Waals surface area contributed by atoms with E-state index in [1.807, 2.05) is 19.0 Å². The van der Waals surface area contributed by atoms with E-state index in [0.717, 1.165) is 18.5 Å². The monoisotopic (exact) mass is 170 g/mol. The molecule has 0 aliphatic rings. The van der Waals surface area contributed by atoms with Crippen LogP contribution in [0, 0.1) is 0 Å². The molecule has 0 spiro atoms. The Balaban J connectivity index is 4.67. The molecule has 0 saturated carbocycles. The zero-order valence-corrected chi connectivity index (χ0v) is 8.35. The van der Waals surface area contributed by atoms with Gasteiger partial charge >= 0.3 is 0 Å². The average molecular weight is 170 g/mol. The van der Waals surface area contributed by atoms with Crippen LogP contribution in [0.25, 0.3) is 0 Å². The van der Waals surface area contributed by atoms with Gasteiger partial charge in [-0.1, -0.05) is 13.3 Å². The summed E-state index contributed by atoms with van der Waals surface area (Å²) in [5.74, 6) is -0.327. The van der Waals surface area contributed by atoms with Crippen molar-refractivity contribution in [3.63, 3.8) is 0 Å². The second kappa shape index (κ2) is 4.80. The minimum atomic E-state index is -0.327. The molecule has 0 aromatic heterocycles. The Morgan fingerprint density at radius 3 is 2.17 bits per heavy atom. The van der Waals surface area contributed by atoms with E-state index in [2.05, 4.69) is 6.92 Å². The summed E-state index contributed by atoms with van der Waals surface area (Å²) in [7, 11) is 3.86. The third-order valence-corrected chi connectivity index (χ3v) is 1.83. The van der Waals surface area contributed by atoms with Crippen LogP contribution < -0.4 is 5.73 Å². The van der Waals surface area contributed by atoms with Gasteiger partial charge in [-0.15, -0.1) is 0 Å². The number of carbonyl (C=O) groups is 1. The molecule has 0 rings (SSSR count). The maximum absolute atomic E-state index is 10.9. The fourth-order valence-electron chi connectivity index (χ4n) is 1.13. The first-order valence-electron chi connectivity index (χ1n) is 4.17. The fraction of sp³-hybridized carbons (Fsp3) is 0.667. The number of allylic oxidation sites excluding steroid dienone is 1. The minimum absolute atomic E-state index is 0.327. The summed E-state index contributed by atoms with van der Waals surface area (Å²) in [4.78, 5) is 12.8. The number of primary amides is 1. The molecular formula is C9H18N2O. The fourth-order valence-corrected chi connectivity index (χ4v) is 1.13. The molecule has 0 aromatic rings. The number of carbonyl (C=O) groups excluding carboxylic acids is 1. The summed E-state index contributed by atoms with van der Waals surface area (Å²) in [6.07, 6.45) is 1.93. The molecule has 0 radical (unpaired) electrons. The van der Waals surface area contributed by atoms with Crippen LogP contribution in [0.5, 0.6) is 0 Å². The Kier molecular flexibility index (Phi) is 4.40. The van der Waals surface area contributed by atoms with Crippen molar-refractivity contribution >= 4 is 5.91 Å². The number of hydrogen-bond acceptors (Lipinski definition) is 2. The van der Waals surface area contributed by atoms with Crippen LogP contribution in [-0.2, 0) is 4.79 Å². The first-order chi connectivity index (χ1) is 5.50. The standard InChI is InChI=1S/C9H18N2O/c1-5-6-8(11(3)4)7(2)9(10)12/h5-6H2,1-4H3,(H2,10,12)/b8-7-. The molecule has 0 saturated heterocycles. The molecule has 0 heterocycles. The van der Waals surface area contributed by atoms with Crippen molar-refractivity contribution in [2.75, 3.05) is 14.1 Å². The minimum Gasteiger partial charge on any atom is -0.381 e. The molecule has 12 heavy (non-hydrogen) atoms. The van der Waals surface area contributed by atoms with Crippen molar-refractivity contribution in [1.82, 2.24) is 4.90 Å². The van der Waals surface area contributed by atoms with Crippen molar-refractivity contribution < 1.29 is 4.79 Å². The van der Waals surface area contributed by atoms with Crippen LogP contribution >= 0.6 is 0 Å². The van der Waals surface area contributed by atoms with Gasteiger partial charge in [-0.25, -0.2) is 0 Å². The van der Waals surface area contributed by atoms with Crippen LogP contribution in [0.2, 0.25) is 0 Å². The molecule has 0 atom stereocenters. The highest BCUT2D eigenvalue weighted by molar-refractivity contribution is 5.91. The lowest BCUT2D eigenvalue weighted by Gasteiger charge is -2.18. The molecule has 2 N–H and O–H groups in total. The van der Waals surface area contributed by atoms with E-state index in [-0.39, 0.29) is 5.91 Å². The molecule has 0 fully saturated rings. The number of rotatable bonds is 4. The van der Waals surface area contributed by atoms with Gasteiger partial charge in [-0.2, -0.15) is 0 Å². The van der Waals surface area contributed by atoms with Gasteiger partial charge < -0.3 is 10.6 Å². The molecule has 1 amide bonds. The van der Waals surface area contributed by atoms with Crippen LogP contribution in [-0.4, -0.2) is 24.9 Å².